The van der Waals surface area contributed by atoms with Crippen molar-refractivity contribution in [2.24, 2.45) is 17.4 Å². The zero-order valence-electron chi connectivity index (χ0n) is 17.3. The molecular weight excluding hydrogens is 613 g/mol. The van der Waals surface area contributed by atoms with Crippen molar-refractivity contribution in [1.82, 2.24) is 5.32 Å². The Kier molecular flexibility index (Phi) is 14.3. The number of aliphatic hydroxyl groups excluding tert-OH is 4. The molecule has 1 heterocycles. The molecule has 1 aliphatic heterocycles. The van der Waals surface area contributed by atoms with Gasteiger partial charge in [0.25, 0.3) is 0 Å². The molecule has 0 bridgehead atoms. The summed E-state index contributed by atoms with van der Waals surface area (Å²) in [7, 11) is 0. The normalized spacial score (nSPS) is 32.2. The first-order valence-corrected chi connectivity index (χ1v) is 10.0. The van der Waals surface area contributed by atoms with Crippen molar-refractivity contribution in [1.29, 1.82) is 0 Å². The Morgan fingerprint density at radius 1 is 0.969 bits per heavy atom. The van der Waals surface area contributed by atoms with Crippen LogP contribution < -0.4 is 27.0 Å². The van der Waals surface area contributed by atoms with Crippen LogP contribution in [-0.2, 0) is 40.2 Å². The van der Waals surface area contributed by atoms with Gasteiger partial charge in [-0.15, -0.1) is 0 Å². The van der Waals surface area contributed by atoms with Crippen LogP contribution in [0.15, 0.2) is 0 Å². The number of hydrogen-bond acceptors (Lipinski definition) is 12. The molecule has 2 aliphatic rings. The third-order valence-corrected chi connectivity index (χ3v) is 5.30. The first kappa shape index (κ1) is 30.8. The minimum Gasteiger partial charge on any atom is -0.549 e. The largest absolute Gasteiger partial charge is 2.00 e. The van der Waals surface area contributed by atoms with E-state index in [1.54, 1.807) is 0 Å². The van der Waals surface area contributed by atoms with E-state index in [0.29, 0.717) is 0 Å². The first-order chi connectivity index (χ1) is 14.5. The Morgan fingerprint density at radius 2 is 1.47 bits per heavy atom. The maximum Gasteiger partial charge on any atom is 2.00 e. The minimum atomic E-state index is -1.98. The zero-order valence-corrected chi connectivity index (χ0v) is 19.6. The van der Waals surface area contributed by atoms with E-state index in [1.165, 1.54) is 12.8 Å². The Balaban J connectivity index is 0.000000896. The molecule has 0 aromatic heterocycles. The van der Waals surface area contributed by atoms with Gasteiger partial charge in [0.15, 0.2) is 6.23 Å². The van der Waals surface area contributed by atoms with Gasteiger partial charge in [0.1, 0.15) is 24.4 Å². The van der Waals surface area contributed by atoms with E-state index in [-0.39, 0.29) is 33.1 Å². The number of hydrogen-bond donors (Lipinski definition) is 7. The van der Waals surface area contributed by atoms with Crippen LogP contribution in [0.2, 0.25) is 0 Å². The summed E-state index contributed by atoms with van der Waals surface area (Å²) in [5.41, 5.74) is 11.3. The quantitative estimate of drug-likeness (QED) is 0.128. The van der Waals surface area contributed by atoms with Gasteiger partial charge in [0, 0.05) is 24.4 Å². The van der Waals surface area contributed by atoms with E-state index in [1.807, 2.05) is 0 Å². The third-order valence-electron chi connectivity index (χ3n) is 5.30. The molecule has 1 saturated carbocycles. The molecule has 14 heteroatoms. The molecule has 0 aromatic carbocycles. The van der Waals surface area contributed by atoms with Gasteiger partial charge < -0.3 is 61.7 Å². The molecule has 0 radical (unpaired) electrons. The summed E-state index contributed by atoms with van der Waals surface area (Å²) in [6.45, 7) is -0.686. The molecular formula is C18H31N3O10Pt. The van der Waals surface area contributed by atoms with Gasteiger partial charge >= 0.3 is 21.1 Å². The molecule has 9 N–H and O–H groups in total. The van der Waals surface area contributed by atoms with Crippen molar-refractivity contribution >= 4 is 17.8 Å². The second kappa shape index (κ2) is 14.9. The fourth-order valence-electron chi connectivity index (χ4n) is 3.25. The van der Waals surface area contributed by atoms with Crippen molar-refractivity contribution in [3.8, 4) is 0 Å². The number of carbonyl (C=O) groups is 3. The Hall–Kier alpha value is -1.18. The van der Waals surface area contributed by atoms with Crippen molar-refractivity contribution in [2.45, 2.75) is 81.3 Å². The maximum atomic E-state index is 11.7. The average molecular weight is 645 g/mol. The van der Waals surface area contributed by atoms with Crippen LogP contribution >= 0.6 is 0 Å². The topological polar surface area (TPSA) is 252 Å². The summed E-state index contributed by atoms with van der Waals surface area (Å²) in [5.74, 6) is -6.64. The van der Waals surface area contributed by atoms with E-state index in [2.05, 4.69) is 5.32 Å². The molecule has 0 unspecified atom stereocenters. The first-order valence-electron chi connectivity index (χ1n) is 10.0. The van der Waals surface area contributed by atoms with Gasteiger partial charge in [0.05, 0.1) is 18.5 Å². The Morgan fingerprint density at radius 3 is 1.88 bits per heavy atom. The number of ether oxygens (including phenoxy) is 1. The van der Waals surface area contributed by atoms with Crippen LogP contribution in [0.1, 0.15) is 38.5 Å². The smallest absolute Gasteiger partial charge is 0.549 e. The monoisotopic (exact) mass is 644 g/mol. The van der Waals surface area contributed by atoms with Crippen LogP contribution in [0.3, 0.4) is 0 Å². The molecule has 2 fully saturated rings. The molecule has 13 nitrogen and oxygen atoms in total. The molecule has 0 spiro atoms. The molecule has 32 heavy (non-hydrogen) atoms. The number of carboxylic acids is 2. The predicted molar refractivity (Wildman–Crippen MR) is 99.1 cm³/mol. The third kappa shape index (κ3) is 9.36. The van der Waals surface area contributed by atoms with E-state index in [4.69, 9.17) is 21.3 Å². The number of aliphatic hydroxyl groups is 4. The number of carbonyl (C=O) groups excluding carboxylic acids is 3. The molecule has 188 valence electrons. The van der Waals surface area contributed by atoms with Crippen LogP contribution in [0.25, 0.3) is 0 Å². The molecule has 1 saturated heterocycles. The number of aliphatic carboxylic acids is 2. The van der Waals surface area contributed by atoms with Crippen LogP contribution in [0.5, 0.6) is 0 Å². The minimum absolute atomic E-state index is 0. The van der Waals surface area contributed by atoms with Gasteiger partial charge in [-0.2, -0.15) is 0 Å². The molecule has 1 aliphatic carbocycles. The average Bonchev–Trinajstić information content (AvgIpc) is 2.70. The predicted octanol–water partition coefficient (Wildman–Crippen LogP) is -5.99. The van der Waals surface area contributed by atoms with E-state index in [0.717, 1.165) is 12.8 Å². The van der Waals surface area contributed by atoms with E-state index in [9.17, 15) is 39.9 Å². The van der Waals surface area contributed by atoms with Gasteiger partial charge in [-0.1, -0.05) is 12.8 Å². The van der Waals surface area contributed by atoms with Crippen molar-refractivity contribution in [2.75, 3.05) is 6.61 Å². The Bertz CT molecular complexity index is 588. The molecule has 2 rings (SSSR count). The van der Waals surface area contributed by atoms with Gasteiger partial charge in [0.2, 0.25) is 5.91 Å². The van der Waals surface area contributed by atoms with Crippen LogP contribution in [0.4, 0.5) is 0 Å². The number of nitrogens with two attached hydrogens (primary N) is 2. The summed E-state index contributed by atoms with van der Waals surface area (Å²) in [4.78, 5) is 32.7. The van der Waals surface area contributed by atoms with Gasteiger partial charge in [-0.05, 0) is 19.3 Å². The number of nitrogens with one attached hydrogen (secondary N) is 1. The summed E-state index contributed by atoms with van der Waals surface area (Å²) in [6.07, 6.45) is -4.04. The summed E-state index contributed by atoms with van der Waals surface area (Å²) in [6, 6.07) is 0.562. The van der Waals surface area contributed by atoms with Crippen molar-refractivity contribution < 1.29 is 70.8 Å². The molecule has 1 amide bonds. The summed E-state index contributed by atoms with van der Waals surface area (Å²) < 4.78 is 5.00. The SMILES string of the molecule is N[C@@H]1CCCC[C@H]1N.O=C(CCC(C(=O)[O-])C(=O)[O-])N[C@@H]1O[C@H](CO)[C@H](O)[C@H](O)[C@H]1O.[Pt+2]. The number of amides is 1. The second-order valence-corrected chi connectivity index (χ2v) is 7.66. The summed E-state index contributed by atoms with van der Waals surface area (Å²) >= 11 is 0. The van der Waals surface area contributed by atoms with Crippen molar-refractivity contribution in [3.05, 3.63) is 0 Å². The number of carboxylic acid groups (broad SMARTS) is 2. The standard InChI is InChI=1S/C12H19NO10.C6H14N2.Pt/c14-3-5-7(16)8(17)9(18)10(23-5)13-6(15)2-1-4(11(19)20)12(21)22;7-5-3-1-2-4-6(5)8;/h4-5,7-10,14,16-18H,1-3H2,(H,13,15)(H,19,20)(H,21,22);5-6H,1-4,7-8H2;/q;;+2/p-2/t5-,7+,8+,9-,10-;5-,6-;/m11./s1. The maximum absolute atomic E-state index is 11.7. The second-order valence-electron chi connectivity index (χ2n) is 7.66. The number of rotatable bonds is 7. The van der Waals surface area contributed by atoms with Gasteiger partial charge in [-0.25, -0.2) is 0 Å². The fourth-order valence-corrected chi connectivity index (χ4v) is 3.25. The van der Waals surface area contributed by atoms with E-state index >= 15 is 0 Å². The van der Waals surface area contributed by atoms with Crippen molar-refractivity contribution in [3.63, 3.8) is 0 Å². The summed E-state index contributed by atoms with van der Waals surface area (Å²) in [5, 5.41) is 60.9. The molecule has 0 aromatic rings. The molecule has 7 atom stereocenters. The fraction of sp³-hybridized carbons (Fsp3) is 0.833. The van der Waals surface area contributed by atoms with Gasteiger partial charge in [-0.3, -0.25) is 4.79 Å². The van der Waals surface area contributed by atoms with Crippen LogP contribution in [0, 0.1) is 5.92 Å². The Labute approximate surface area is 199 Å². The van der Waals surface area contributed by atoms with Crippen LogP contribution in [-0.4, -0.2) is 87.6 Å². The van der Waals surface area contributed by atoms with E-state index < -0.39 is 73.9 Å². The zero-order chi connectivity index (χ0) is 23.7.